The van der Waals surface area contributed by atoms with Crippen LogP contribution in [0.1, 0.15) is 23.2 Å². The molecule has 0 aliphatic carbocycles. The van der Waals surface area contributed by atoms with Gasteiger partial charge in [-0.25, -0.2) is 0 Å². The Bertz CT molecular complexity index is 329. The monoisotopic (exact) mass is 204 g/mol. The van der Waals surface area contributed by atoms with E-state index in [0.717, 1.165) is 31.5 Å². The van der Waals surface area contributed by atoms with Gasteiger partial charge in [-0.3, -0.25) is 9.78 Å². The summed E-state index contributed by atoms with van der Waals surface area (Å²) in [6.45, 7) is 2.06. The average molecular weight is 204 g/mol. The number of rotatable bonds is 2. The van der Waals surface area contributed by atoms with Gasteiger partial charge in [0.15, 0.2) is 5.78 Å². The number of hydrogen-bond donors (Lipinski definition) is 0. The molecule has 0 bridgehead atoms. The molecule has 0 spiro atoms. The van der Waals surface area contributed by atoms with Crippen LogP contribution in [0.25, 0.3) is 0 Å². The van der Waals surface area contributed by atoms with E-state index in [9.17, 15) is 4.79 Å². The topological polar surface area (TPSA) is 33.2 Å². The normalized spacial score (nSPS) is 19.0. The number of likely N-dealkylation sites (tertiary alicyclic amines) is 1. The van der Waals surface area contributed by atoms with E-state index in [1.807, 2.05) is 0 Å². The van der Waals surface area contributed by atoms with Gasteiger partial charge in [0.25, 0.3) is 0 Å². The summed E-state index contributed by atoms with van der Waals surface area (Å²) in [7, 11) is 2.10. The van der Waals surface area contributed by atoms with E-state index in [1.54, 1.807) is 24.5 Å². The Morgan fingerprint density at radius 3 is 2.53 bits per heavy atom. The van der Waals surface area contributed by atoms with E-state index >= 15 is 0 Å². The van der Waals surface area contributed by atoms with Crippen molar-refractivity contribution in [2.75, 3.05) is 20.1 Å². The number of piperidine rings is 1. The van der Waals surface area contributed by atoms with Crippen LogP contribution in [0.15, 0.2) is 24.5 Å². The Morgan fingerprint density at radius 2 is 1.93 bits per heavy atom. The molecule has 0 N–H and O–H groups in total. The minimum atomic E-state index is 0.212. The molecule has 80 valence electrons. The van der Waals surface area contributed by atoms with Gasteiger partial charge in [-0.15, -0.1) is 0 Å². The first kappa shape index (κ1) is 10.3. The van der Waals surface area contributed by atoms with E-state index in [2.05, 4.69) is 16.9 Å². The lowest BCUT2D eigenvalue weighted by Crippen LogP contribution is -2.33. The van der Waals surface area contributed by atoms with Crippen LogP contribution in [0.5, 0.6) is 0 Å². The van der Waals surface area contributed by atoms with Crippen molar-refractivity contribution in [3.63, 3.8) is 0 Å². The van der Waals surface area contributed by atoms with E-state index in [4.69, 9.17) is 0 Å². The summed E-state index contributed by atoms with van der Waals surface area (Å²) in [6.07, 6.45) is 5.33. The summed E-state index contributed by atoms with van der Waals surface area (Å²) < 4.78 is 0. The standard InChI is InChI=1S/C12H16N2O/c1-14-8-4-11(5-9-14)12(15)10-2-6-13-7-3-10/h2-3,6-7,11H,4-5,8-9H2,1H3. The Balaban J connectivity index is 2.03. The molecule has 1 aliphatic heterocycles. The van der Waals surface area contributed by atoms with E-state index in [1.165, 1.54) is 0 Å². The van der Waals surface area contributed by atoms with Gasteiger partial charge in [-0.1, -0.05) is 0 Å². The van der Waals surface area contributed by atoms with Crippen molar-refractivity contribution in [1.82, 2.24) is 9.88 Å². The molecule has 0 unspecified atom stereocenters. The average Bonchev–Trinajstić information content (AvgIpc) is 2.30. The minimum absolute atomic E-state index is 0.212. The van der Waals surface area contributed by atoms with Crippen LogP contribution in [0.4, 0.5) is 0 Å². The molecular formula is C12H16N2O. The molecule has 0 atom stereocenters. The maximum atomic E-state index is 12.1. The molecule has 0 saturated carbocycles. The molecule has 1 aromatic rings. The van der Waals surface area contributed by atoms with Gasteiger partial charge in [0.05, 0.1) is 0 Å². The molecule has 1 saturated heterocycles. The molecule has 1 aromatic heterocycles. The molecule has 0 aromatic carbocycles. The van der Waals surface area contributed by atoms with Crippen molar-refractivity contribution in [3.8, 4) is 0 Å². The zero-order chi connectivity index (χ0) is 10.7. The lowest BCUT2D eigenvalue weighted by atomic mass is 9.89. The number of pyridine rings is 1. The zero-order valence-electron chi connectivity index (χ0n) is 9.02. The maximum absolute atomic E-state index is 12.1. The third-order valence-electron chi connectivity index (χ3n) is 3.05. The number of ketones is 1. The fraction of sp³-hybridized carbons (Fsp3) is 0.500. The second-order valence-electron chi connectivity index (χ2n) is 4.18. The second-order valence-corrected chi connectivity index (χ2v) is 4.18. The molecule has 2 rings (SSSR count). The van der Waals surface area contributed by atoms with Crippen LogP contribution in [-0.4, -0.2) is 35.8 Å². The minimum Gasteiger partial charge on any atom is -0.306 e. The molecule has 0 amide bonds. The Morgan fingerprint density at radius 1 is 1.33 bits per heavy atom. The largest absolute Gasteiger partial charge is 0.306 e. The van der Waals surface area contributed by atoms with Crippen LogP contribution in [0.2, 0.25) is 0 Å². The van der Waals surface area contributed by atoms with Crippen LogP contribution in [-0.2, 0) is 0 Å². The first-order valence-electron chi connectivity index (χ1n) is 5.40. The number of carbonyl (C=O) groups excluding carboxylic acids is 1. The summed E-state index contributed by atoms with van der Waals surface area (Å²) in [6, 6.07) is 3.61. The molecule has 1 aliphatic rings. The summed E-state index contributed by atoms with van der Waals surface area (Å²) in [5.74, 6) is 0.495. The number of aromatic nitrogens is 1. The molecule has 3 heteroatoms. The second kappa shape index (κ2) is 4.53. The van der Waals surface area contributed by atoms with Crippen LogP contribution >= 0.6 is 0 Å². The van der Waals surface area contributed by atoms with E-state index in [-0.39, 0.29) is 11.7 Å². The smallest absolute Gasteiger partial charge is 0.166 e. The summed E-state index contributed by atoms with van der Waals surface area (Å²) in [5, 5.41) is 0. The lowest BCUT2D eigenvalue weighted by molar-refractivity contribution is 0.0856. The summed E-state index contributed by atoms with van der Waals surface area (Å²) in [5.41, 5.74) is 0.805. The van der Waals surface area contributed by atoms with Gasteiger partial charge in [0.2, 0.25) is 0 Å². The SMILES string of the molecule is CN1CCC(C(=O)c2ccncc2)CC1. The predicted molar refractivity (Wildman–Crippen MR) is 58.8 cm³/mol. The quantitative estimate of drug-likeness (QED) is 0.686. The Labute approximate surface area is 90.1 Å². The van der Waals surface area contributed by atoms with Crippen molar-refractivity contribution in [3.05, 3.63) is 30.1 Å². The first-order chi connectivity index (χ1) is 7.27. The number of nitrogens with zero attached hydrogens (tertiary/aromatic N) is 2. The number of carbonyl (C=O) groups is 1. The first-order valence-corrected chi connectivity index (χ1v) is 5.40. The molecule has 15 heavy (non-hydrogen) atoms. The van der Waals surface area contributed by atoms with Crippen LogP contribution in [0, 0.1) is 5.92 Å². The highest BCUT2D eigenvalue weighted by Crippen LogP contribution is 2.20. The highest BCUT2D eigenvalue weighted by molar-refractivity contribution is 5.97. The van der Waals surface area contributed by atoms with E-state index < -0.39 is 0 Å². The van der Waals surface area contributed by atoms with Crippen LogP contribution < -0.4 is 0 Å². The van der Waals surface area contributed by atoms with E-state index in [0.29, 0.717) is 0 Å². The van der Waals surface area contributed by atoms with Gasteiger partial charge in [-0.2, -0.15) is 0 Å². The van der Waals surface area contributed by atoms with Gasteiger partial charge in [-0.05, 0) is 45.1 Å². The third-order valence-corrected chi connectivity index (χ3v) is 3.05. The van der Waals surface area contributed by atoms with Crippen molar-refractivity contribution in [2.24, 2.45) is 5.92 Å². The van der Waals surface area contributed by atoms with Crippen LogP contribution in [0.3, 0.4) is 0 Å². The summed E-state index contributed by atoms with van der Waals surface area (Å²) >= 11 is 0. The lowest BCUT2D eigenvalue weighted by Gasteiger charge is -2.27. The summed E-state index contributed by atoms with van der Waals surface area (Å²) in [4.78, 5) is 18.3. The van der Waals surface area contributed by atoms with Gasteiger partial charge in [0.1, 0.15) is 0 Å². The molecule has 3 nitrogen and oxygen atoms in total. The molecule has 0 radical (unpaired) electrons. The molecular weight excluding hydrogens is 188 g/mol. The molecule has 1 fully saturated rings. The fourth-order valence-corrected chi connectivity index (χ4v) is 2.02. The highest BCUT2D eigenvalue weighted by Gasteiger charge is 2.23. The maximum Gasteiger partial charge on any atom is 0.166 e. The van der Waals surface area contributed by atoms with Crippen molar-refractivity contribution >= 4 is 5.78 Å². The van der Waals surface area contributed by atoms with Crippen molar-refractivity contribution in [1.29, 1.82) is 0 Å². The third kappa shape index (κ3) is 2.42. The van der Waals surface area contributed by atoms with Crippen molar-refractivity contribution in [2.45, 2.75) is 12.8 Å². The Kier molecular flexibility index (Phi) is 3.11. The number of hydrogen-bond acceptors (Lipinski definition) is 3. The number of Topliss-reactive ketones (excluding diaryl/α,β-unsaturated/α-hetero) is 1. The predicted octanol–water partition coefficient (Wildman–Crippen LogP) is 1.61. The van der Waals surface area contributed by atoms with Gasteiger partial charge < -0.3 is 4.90 Å². The van der Waals surface area contributed by atoms with Gasteiger partial charge >= 0.3 is 0 Å². The molecule has 2 heterocycles. The highest BCUT2D eigenvalue weighted by atomic mass is 16.1. The van der Waals surface area contributed by atoms with Crippen molar-refractivity contribution < 1.29 is 4.79 Å². The fourth-order valence-electron chi connectivity index (χ4n) is 2.02. The Hall–Kier alpha value is -1.22. The zero-order valence-corrected chi connectivity index (χ0v) is 9.02. The van der Waals surface area contributed by atoms with Gasteiger partial charge in [0, 0.05) is 23.9 Å².